The topological polar surface area (TPSA) is 58.6 Å². The average molecular weight is 348 g/mol. The summed E-state index contributed by atoms with van der Waals surface area (Å²) in [5, 5.41) is 3.02. The van der Waals surface area contributed by atoms with E-state index in [1.807, 2.05) is 0 Å². The number of amides is 2. The molecule has 0 unspecified atom stereocenters. The monoisotopic (exact) mass is 348 g/mol. The van der Waals surface area contributed by atoms with Crippen LogP contribution in [0.5, 0.6) is 0 Å². The highest BCUT2D eigenvalue weighted by Crippen LogP contribution is 2.20. The Morgan fingerprint density at radius 1 is 1.16 bits per heavy atom. The van der Waals surface area contributed by atoms with Gasteiger partial charge in [0.25, 0.3) is 5.91 Å². The van der Waals surface area contributed by atoms with E-state index < -0.39 is 0 Å². The molecule has 0 aromatic heterocycles. The van der Waals surface area contributed by atoms with E-state index in [1.165, 1.54) is 24.3 Å². The zero-order valence-corrected chi connectivity index (χ0v) is 14.4. The van der Waals surface area contributed by atoms with Gasteiger partial charge in [-0.3, -0.25) is 9.59 Å². The van der Waals surface area contributed by atoms with Crippen molar-refractivity contribution in [1.82, 2.24) is 10.2 Å². The Balaban J connectivity index is 1.40. The standard InChI is InChI=1S/C19H25FN2O3/c20-17-3-1-16(2-4-17)19(24)22-10-6-15(7-11-22)18(23)21-9-5-14-8-12-25-13-14/h1-4,14-15H,5-13H2,(H,21,23)/t14-/m1/s1. The lowest BCUT2D eigenvalue weighted by molar-refractivity contribution is -0.126. The molecule has 0 bridgehead atoms. The molecular weight excluding hydrogens is 323 g/mol. The highest BCUT2D eigenvalue weighted by atomic mass is 19.1. The first-order valence-electron chi connectivity index (χ1n) is 9.04. The molecule has 6 heteroatoms. The van der Waals surface area contributed by atoms with Crippen LogP contribution in [-0.4, -0.2) is 49.6 Å². The van der Waals surface area contributed by atoms with Gasteiger partial charge < -0.3 is 15.0 Å². The van der Waals surface area contributed by atoms with Crippen LogP contribution in [0, 0.1) is 17.7 Å². The fraction of sp³-hybridized carbons (Fsp3) is 0.579. The molecular formula is C19H25FN2O3. The van der Waals surface area contributed by atoms with Crippen LogP contribution in [0.3, 0.4) is 0 Å². The van der Waals surface area contributed by atoms with Crippen molar-refractivity contribution in [2.24, 2.45) is 11.8 Å². The Morgan fingerprint density at radius 2 is 1.88 bits per heavy atom. The van der Waals surface area contributed by atoms with E-state index >= 15 is 0 Å². The molecule has 0 spiro atoms. The lowest BCUT2D eigenvalue weighted by atomic mass is 9.95. The number of nitrogens with one attached hydrogen (secondary N) is 1. The number of ether oxygens (including phenoxy) is 1. The molecule has 2 heterocycles. The maximum Gasteiger partial charge on any atom is 0.253 e. The average Bonchev–Trinajstić information content (AvgIpc) is 3.15. The fourth-order valence-electron chi connectivity index (χ4n) is 3.47. The van der Waals surface area contributed by atoms with E-state index in [0.29, 0.717) is 44.0 Å². The largest absolute Gasteiger partial charge is 0.381 e. The van der Waals surface area contributed by atoms with Gasteiger partial charge in [0.15, 0.2) is 0 Å². The van der Waals surface area contributed by atoms with Gasteiger partial charge in [0, 0.05) is 44.3 Å². The van der Waals surface area contributed by atoms with Gasteiger partial charge in [-0.05, 0) is 55.9 Å². The van der Waals surface area contributed by atoms with E-state index in [-0.39, 0.29) is 23.5 Å². The molecule has 3 rings (SSSR count). The molecule has 1 aromatic carbocycles. The number of hydrogen-bond donors (Lipinski definition) is 1. The molecule has 2 aliphatic heterocycles. The zero-order chi connectivity index (χ0) is 17.6. The Labute approximate surface area is 147 Å². The maximum atomic E-state index is 13.0. The van der Waals surface area contributed by atoms with E-state index in [1.54, 1.807) is 4.90 Å². The molecule has 2 aliphatic rings. The lowest BCUT2D eigenvalue weighted by Crippen LogP contribution is -2.43. The summed E-state index contributed by atoms with van der Waals surface area (Å²) in [6.07, 6.45) is 3.39. The first-order chi connectivity index (χ1) is 12.1. The minimum absolute atomic E-state index is 0.0305. The Hall–Kier alpha value is -1.95. The zero-order valence-electron chi connectivity index (χ0n) is 14.4. The molecule has 5 nitrogen and oxygen atoms in total. The molecule has 1 atom stereocenters. The third kappa shape index (κ3) is 4.78. The van der Waals surface area contributed by atoms with Crippen molar-refractivity contribution in [3.05, 3.63) is 35.6 Å². The second kappa shape index (κ2) is 8.43. The van der Waals surface area contributed by atoms with Gasteiger partial charge in [-0.15, -0.1) is 0 Å². The lowest BCUT2D eigenvalue weighted by Gasteiger charge is -2.31. The summed E-state index contributed by atoms with van der Waals surface area (Å²) in [5.41, 5.74) is 0.489. The summed E-state index contributed by atoms with van der Waals surface area (Å²) >= 11 is 0. The van der Waals surface area contributed by atoms with Crippen LogP contribution < -0.4 is 5.32 Å². The van der Waals surface area contributed by atoms with Crippen molar-refractivity contribution in [1.29, 1.82) is 0 Å². The van der Waals surface area contributed by atoms with Crippen molar-refractivity contribution in [3.63, 3.8) is 0 Å². The van der Waals surface area contributed by atoms with Crippen LogP contribution >= 0.6 is 0 Å². The highest BCUT2D eigenvalue weighted by molar-refractivity contribution is 5.94. The second-order valence-electron chi connectivity index (χ2n) is 6.88. The van der Waals surface area contributed by atoms with Crippen molar-refractivity contribution in [2.75, 3.05) is 32.8 Å². The third-order valence-corrected chi connectivity index (χ3v) is 5.12. The number of carbonyl (C=O) groups is 2. The molecule has 0 aliphatic carbocycles. The van der Waals surface area contributed by atoms with E-state index in [9.17, 15) is 14.0 Å². The van der Waals surface area contributed by atoms with Gasteiger partial charge in [-0.25, -0.2) is 4.39 Å². The Bertz CT molecular complexity index is 591. The quantitative estimate of drug-likeness (QED) is 0.888. The van der Waals surface area contributed by atoms with Gasteiger partial charge in [-0.2, -0.15) is 0 Å². The summed E-state index contributed by atoms with van der Waals surface area (Å²) in [6.45, 7) is 3.45. The van der Waals surface area contributed by atoms with Gasteiger partial charge in [0.1, 0.15) is 5.82 Å². The van der Waals surface area contributed by atoms with E-state index in [4.69, 9.17) is 4.74 Å². The molecule has 136 valence electrons. The third-order valence-electron chi connectivity index (χ3n) is 5.12. The molecule has 2 fully saturated rings. The first kappa shape index (κ1) is 17.9. The van der Waals surface area contributed by atoms with Crippen LogP contribution in [-0.2, 0) is 9.53 Å². The minimum Gasteiger partial charge on any atom is -0.381 e. The first-order valence-corrected chi connectivity index (χ1v) is 9.04. The van der Waals surface area contributed by atoms with Gasteiger partial charge in [0.05, 0.1) is 0 Å². The van der Waals surface area contributed by atoms with Crippen LogP contribution in [0.4, 0.5) is 4.39 Å². The summed E-state index contributed by atoms with van der Waals surface area (Å²) < 4.78 is 18.3. The number of likely N-dealkylation sites (tertiary alicyclic amines) is 1. The highest BCUT2D eigenvalue weighted by Gasteiger charge is 2.28. The second-order valence-corrected chi connectivity index (χ2v) is 6.88. The number of carbonyl (C=O) groups excluding carboxylic acids is 2. The smallest absolute Gasteiger partial charge is 0.253 e. The summed E-state index contributed by atoms with van der Waals surface area (Å²) in [4.78, 5) is 26.4. The molecule has 1 N–H and O–H groups in total. The van der Waals surface area contributed by atoms with Crippen LogP contribution in [0.2, 0.25) is 0 Å². The van der Waals surface area contributed by atoms with Crippen LogP contribution in [0.15, 0.2) is 24.3 Å². The molecule has 2 saturated heterocycles. The minimum atomic E-state index is -0.351. The fourth-order valence-corrected chi connectivity index (χ4v) is 3.47. The van der Waals surface area contributed by atoms with Gasteiger partial charge in [-0.1, -0.05) is 0 Å². The van der Waals surface area contributed by atoms with Crippen LogP contribution in [0.25, 0.3) is 0 Å². The molecule has 1 aromatic rings. The molecule has 0 radical (unpaired) electrons. The summed E-state index contributed by atoms with van der Waals surface area (Å²) in [6, 6.07) is 5.60. The summed E-state index contributed by atoms with van der Waals surface area (Å²) in [5.74, 6) is 0.177. The number of hydrogen-bond acceptors (Lipinski definition) is 3. The van der Waals surface area contributed by atoms with E-state index in [2.05, 4.69) is 5.32 Å². The Morgan fingerprint density at radius 3 is 2.52 bits per heavy atom. The van der Waals surface area contributed by atoms with Crippen molar-refractivity contribution >= 4 is 11.8 Å². The molecule has 0 saturated carbocycles. The molecule has 2 amide bonds. The predicted octanol–water partition coefficient (Wildman–Crippen LogP) is 2.22. The number of nitrogens with zero attached hydrogens (tertiary/aromatic N) is 1. The predicted molar refractivity (Wildman–Crippen MR) is 91.6 cm³/mol. The van der Waals surface area contributed by atoms with Crippen molar-refractivity contribution in [3.8, 4) is 0 Å². The molecule has 25 heavy (non-hydrogen) atoms. The SMILES string of the molecule is O=C(NCC[C@@H]1CCOC1)C1CCN(C(=O)c2ccc(F)cc2)CC1. The number of rotatable bonds is 5. The van der Waals surface area contributed by atoms with Gasteiger partial charge >= 0.3 is 0 Å². The van der Waals surface area contributed by atoms with Crippen molar-refractivity contribution < 1.29 is 18.7 Å². The van der Waals surface area contributed by atoms with Gasteiger partial charge in [0.2, 0.25) is 5.91 Å². The van der Waals surface area contributed by atoms with Crippen molar-refractivity contribution in [2.45, 2.75) is 25.7 Å². The van der Waals surface area contributed by atoms with Crippen LogP contribution in [0.1, 0.15) is 36.0 Å². The number of benzene rings is 1. The van der Waals surface area contributed by atoms with E-state index in [0.717, 1.165) is 26.1 Å². The Kier molecular flexibility index (Phi) is 6.02. The summed E-state index contributed by atoms with van der Waals surface area (Å²) in [7, 11) is 0. The maximum absolute atomic E-state index is 13.0. The normalized spacial score (nSPS) is 21.3. The number of piperidine rings is 1. The number of halogens is 1.